The van der Waals surface area contributed by atoms with Crippen LogP contribution in [-0.2, 0) is 9.53 Å². The highest BCUT2D eigenvalue weighted by molar-refractivity contribution is 5.85. The highest BCUT2D eigenvalue weighted by Crippen LogP contribution is 2.10. The van der Waals surface area contributed by atoms with Crippen LogP contribution in [0.15, 0.2) is 0 Å². The average Bonchev–Trinajstić information content (AvgIpc) is 2.75. The second kappa shape index (κ2) is 9.55. The molecule has 18 heavy (non-hydrogen) atoms. The lowest BCUT2D eigenvalue weighted by Crippen LogP contribution is -2.45. The second-order valence-electron chi connectivity index (χ2n) is 4.52. The standard InChI is InChI=1S/C12H24N2O3.ClH/c1-3-4-5-14(6-7-17-2)12(16)11-8-10(15)9-13-11;/h10-11,13,15H,3-9H2,1-2H3;1H. The third-order valence-electron chi connectivity index (χ3n) is 3.06. The van der Waals surface area contributed by atoms with Gasteiger partial charge in [-0.3, -0.25) is 4.79 Å². The Labute approximate surface area is 115 Å². The Kier molecular flexibility index (Phi) is 9.36. The van der Waals surface area contributed by atoms with Crippen LogP contribution >= 0.6 is 12.4 Å². The maximum atomic E-state index is 12.2. The number of carbonyl (C=O) groups is 1. The van der Waals surface area contributed by atoms with Crippen molar-refractivity contribution in [2.24, 2.45) is 0 Å². The van der Waals surface area contributed by atoms with Crippen LogP contribution in [0.4, 0.5) is 0 Å². The largest absolute Gasteiger partial charge is 0.392 e. The molecule has 1 saturated heterocycles. The Morgan fingerprint density at radius 1 is 1.50 bits per heavy atom. The van der Waals surface area contributed by atoms with Gasteiger partial charge >= 0.3 is 0 Å². The molecule has 2 unspecified atom stereocenters. The maximum Gasteiger partial charge on any atom is 0.239 e. The Morgan fingerprint density at radius 2 is 2.22 bits per heavy atom. The van der Waals surface area contributed by atoms with Crippen molar-refractivity contribution in [3.63, 3.8) is 0 Å². The van der Waals surface area contributed by atoms with E-state index in [2.05, 4.69) is 12.2 Å². The first kappa shape index (κ1) is 17.6. The summed E-state index contributed by atoms with van der Waals surface area (Å²) < 4.78 is 5.02. The minimum absolute atomic E-state index is 0. The fraction of sp³-hybridized carbons (Fsp3) is 0.917. The quantitative estimate of drug-likeness (QED) is 0.709. The molecule has 2 N–H and O–H groups in total. The summed E-state index contributed by atoms with van der Waals surface area (Å²) in [5, 5.41) is 12.5. The number of methoxy groups -OCH3 is 1. The number of hydrogen-bond acceptors (Lipinski definition) is 4. The Balaban J connectivity index is 0.00000289. The predicted molar refractivity (Wildman–Crippen MR) is 73.0 cm³/mol. The zero-order chi connectivity index (χ0) is 12.7. The van der Waals surface area contributed by atoms with E-state index in [0.717, 1.165) is 19.4 Å². The van der Waals surface area contributed by atoms with Gasteiger partial charge in [-0.25, -0.2) is 0 Å². The summed E-state index contributed by atoms with van der Waals surface area (Å²) in [5.74, 6) is 0.0899. The number of aliphatic hydroxyl groups is 1. The fourth-order valence-corrected chi connectivity index (χ4v) is 2.01. The molecule has 0 radical (unpaired) electrons. The van der Waals surface area contributed by atoms with Crippen LogP contribution in [-0.4, -0.2) is 61.4 Å². The minimum atomic E-state index is -0.389. The Hall–Kier alpha value is -0.360. The second-order valence-corrected chi connectivity index (χ2v) is 4.52. The van der Waals surface area contributed by atoms with E-state index in [1.54, 1.807) is 7.11 Å². The smallest absolute Gasteiger partial charge is 0.239 e. The van der Waals surface area contributed by atoms with Crippen LogP contribution in [0.5, 0.6) is 0 Å². The normalized spacial score (nSPS) is 22.6. The molecule has 0 saturated carbocycles. The summed E-state index contributed by atoms with van der Waals surface area (Å²) >= 11 is 0. The zero-order valence-corrected chi connectivity index (χ0v) is 12.0. The average molecular weight is 281 g/mol. The number of halogens is 1. The summed E-state index contributed by atoms with van der Waals surface area (Å²) in [7, 11) is 1.64. The van der Waals surface area contributed by atoms with Crippen molar-refractivity contribution < 1.29 is 14.6 Å². The van der Waals surface area contributed by atoms with Gasteiger partial charge < -0.3 is 20.1 Å². The summed E-state index contributed by atoms with van der Waals surface area (Å²) in [6.45, 7) is 4.58. The van der Waals surface area contributed by atoms with E-state index in [9.17, 15) is 9.90 Å². The number of nitrogens with one attached hydrogen (secondary N) is 1. The number of amides is 1. The molecule has 0 aromatic carbocycles. The van der Waals surface area contributed by atoms with Crippen molar-refractivity contribution in [1.82, 2.24) is 10.2 Å². The number of unbranched alkanes of at least 4 members (excludes halogenated alkanes) is 1. The van der Waals surface area contributed by atoms with E-state index in [0.29, 0.717) is 26.1 Å². The number of hydrogen-bond donors (Lipinski definition) is 2. The third kappa shape index (κ3) is 5.52. The first-order valence-electron chi connectivity index (χ1n) is 6.38. The molecule has 0 aromatic rings. The molecule has 0 aromatic heterocycles. The molecule has 0 spiro atoms. The molecule has 1 heterocycles. The number of carbonyl (C=O) groups excluding carboxylic acids is 1. The van der Waals surface area contributed by atoms with Gasteiger partial charge in [0.05, 0.1) is 18.8 Å². The van der Waals surface area contributed by atoms with Gasteiger partial charge in [0, 0.05) is 26.7 Å². The lowest BCUT2D eigenvalue weighted by Gasteiger charge is -2.25. The van der Waals surface area contributed by atoms with Crippen LogP contribution < -0.4 is 5.32 Å². The van der Waals surface area contributed by atoms with E-state index < -0.39 is 0 Å². The summed E-state index contributed by atoms with van der Waals surface area (Å²) in [6, 6.07) is -0.223. The van der Waals surface area contributed by atoms with Crippen molar-refractivity contribution in [2.75, 3.05) is 33.4 Å². The molecule has 1 aliphatic heterocycles. The number of β-amino-alcohol motifs (C(OH)–C–C–N with tert-alkyl or cyclic N) is 1. The van der Waals surface area contributed by atoms with Crippen molar-refractivity contribution in [3.05, 3.63) is 0 Å². The number of rotatable bonds is 7. The highest BCUT2D eigenvalue weighted by Gasteiger charge is 2.30. The Morgan fingerprint density at radius 3 is 2.72 bits per heavy atom. The topological polar surface area (TPSA) is 61.8 Å². The van der Waals surface area contributed by atoms with Crippen molar-refractivity contribution in [2.45, 2.75) is 38.3 Å². The number of aliphatic hydroxyl groups excluding tert-OH is 1. The molecule has 0 bridgehead atoms. The molecule has 6 heteroatoms. The van der Waals surface area contributed by atoms with Crippen LogP contribution in [0.2, 0.25) is 0 Å². The van der Waals surface area contributed by atoms with Gasteiger partial charge in [-0.1, -0.05) is 13.3 Å². The molecule has 108 valence electrons. The maximum absolute atomic E-state index is 12.2. The van der Waals surface area contributed by atoms with Gasteiger partial charge in [0.2, 0.25) is 5.91 Å². The van der Waals surface area contributed by atoms with Crippen LogP contribution in [0.3, 0.4) is 0 Å². The van der Waals surface area contributed by atoms with E-state index in [4.69, 9.17) is 4.74 Å². The number of nitrogens with zero attached hydrogens (tertiary/aromatic N) is 1. The summed E-state index contributed by atoms with van der Waals surface area (Å²) in [4.78, 5) is 14.0. The zero-order valence-electron chi connectivity index (χ0n) is 11.2. The molecule has 0 aliphatic carbocycles. The predicted octanol–water partition coefficient (Wildman–Crippen LogP) is 0.406. The summed E-state index contributed by atoms with van der Waals surface area (Å²) in [5.41, 5.74) is 0. The van der Waals surface area contributed by atoms with E-state index in [1.165, 1.54) is 0 Å². The molecule has 1 amide bonds. The monoisotopic (exact) mass is 280 g/mol. The molecular weight excluding hydrogens is 256 g/mol. The molecular formula is C12H25ClN2O3. The molecule has 2 atom stereocenters. The van der Waals surface area contributed by atoms with Gasteiger partial charge in [0.25, 0.3) is 0 Å². The minimum Gasteiger partial charge on any atom is -0.392 e. The van der Waals surface area contributed by atoms with E-state index >= 15 is 0 Å². The van der Waals surface area contributed by atoms with Crippen molar-refractivity contribution >= 4 is 18.3 Å². The third-order valence-corrected chi connectivity index (χ3v) is 3.06. The van der Waals surface area contributed by atoms with Gasteiger partial charge in [-0.2, -0.15) is 0 Å². The first-order valence-corrected chi connectivity index (χ1v) is 6.38. The number of ether oxygens (including phenoxy) is 1. The van der Waals surface area contributed by atoms with Gasteiger partial charge in [-0.15, -0.1) is 12.4 Å². The van der Waals surface area contributed by atoms with Crippen LogP contribution in [0, 0.1) is 0 Å². The molecule has 5 nitrogen and oxygen atoms in total. The lowest BCUT2D eigenvalue weighted by molar-refractivity contribution is -0.134. The van der Waals surface area contributed by atoms with Gasteiger partial charge in [-0.05, 0) is 12.8 Å². The Bertz CT molecular complexity index is 233. The van der Waals surface area contributed by atoms with Gasteiger partial charge in [0.15, 0.2) is 0 Å². The van der Waals surface area contributed by atoms with Crippen LogP contribution in [0.1, 0.15) is 26.2 Å². The van der Waals surface area contributed by atoms with Crippen LogP contribution in [0.25, 0.3) is 0 Å². The molecule has 1 aliphatic rings. The summed E-state index contributed by atoms with van der Waals surface area (Å²) in [6.07, 6.45) is 2.20. The molecule has 1 rings (SSSR count). The van der Waals surface area contributed by atoms with Crippen molar-refractivity contribution in [1.29, 1.82) is 0 Å². The lowest BCUT2D eigenvalue weighted by atomic mass is 10.1. The first-order chi connectivity index (χ1) is 8.19. The molecule has 1 fully saturated rings. The van der Waals surface area contributed by atoms with E-state index in [1.807, 2.05) is 4.90 Å². The SMILES string of the molecule is CCCCN(CCOC)C(=O)C1CC(O)CN1.Cl. The highest BCUT2D eigenvalue weighted by atomic mass is 35.5. The fourth-order valence-electron chi connectivity index (χ4n) is 2.01. The van der Waals surface area contributed by atoms with Crippen molar-refractivity contribution in [3.8, 4) is 0 Å². The van der Waals surface area contributed by atoms with Gasteiger partial charge in [0.1, 0.15) is 0 Å². The van der Waals surface area contributed by atoms with E-state index in [-0.39, 0.29) is 30.5 Å².